The van der Waals surface area contributed by atoms with Crippen LogP contribution in [0.1, 0.15) is 25.3 Å². The number of aliphatic hydroxyl groups is 1. The van der Waals surface area contributed by atoms with Crippen molar-refractivity contribution in [1.29, 1.82) is 0 Å². The highest BCUT2D eigenvalue weighted by atomic mass is 16.4. The Hall–Kier alpha value is -1.81. The van der Waals surface area contributed by atoms with E-state index in [-0.39, 0.29) is 18.9 Å². The molecule has 0 spiro atoms. The topological polar surface area (TPSA) is 62.5 Å². The molecule has 0 radical (unpaired) electrons. The third-order valence-electron chi connectivity index (χ3n) is 3.53. The molecule has 0 bridgehead atoms. The summed E-state index contributed by atoms with van der Waals surface area (Å²) in [6, 6.07) is 8.15. The number of carbonyl (C=O) groups is 1. The van der Waals surface area contributed by atoms with Crippen molar-refractivity contribution in [3.63, 3.8) is 0 Å². The third-order valence-corrected chi connectivity index (χ3v) is 3.53. The zero-order chi connectivity index (χ0) is 14.5. The van der Waals surface area contributed by atoms with Gasteiger partial charge in [0.1, 0.15) is 0 Å². The second kappa shape index (κ2) is 6.57. The van der Waals surface area contributed by atoms with Crippen molar-refractivity contribution in [1.82, 2.24) is 4.57 Å². The SMILES string of the molecule is CC(CO)Cn1cc(CCCC(=O)O)c2ccccc21. The molecule has 0 amide bonds. The van der Waals surface area contributed by atoms with Crippen molar-refractivity contribution in [3.8, 4) is 0 Å². The lowest BCUT2D eigenvalue weighted by Crippen LogP contribution is -2.10. The lowest BCUT2D eigenvalue weighted by Gasteiger charge is -2.10. The van der Waals surface area contributed by atoms with Crippen LogP contribution in [0, 0.1) is 5.92 Å². The van der Waals surface area contributed by atoms with Gasteiger partial charge >= 0.3 is 5.97 Å². The quantitative estimate of drug-likeness (QED) is 0.816. The zero-order valence-electron chi connectivity index (χ0n) is 11.7. The summed E-state index contributed by atoms with van der Waals surface area (Å²) in [5, 5.41) is 19.1. The number of carboxylic acids is 1. The van der Waals surface area contributed by atoms with Crippen molar-refractivity contribution >= 4 is 16.9 Å². The molecule has 0 aliphatic carbocycles. The minimum absolute atomic E-state index is 0.168. The van der Waals surface area contributed by atoms with E-state index in [9.17, 15) is 9.90 Å². The first-order valence-corrected chi connectivity index (χ1v) is 7.01. The van der Waals surface area contributed by atoms with E-state index >= 15 is 0 Å². The average Bonchev–Trinajstić information content (AvgIpc) is 2.77. The Morgan fingerprint density at radius 1 is 1.35 bits per heavy atom. The fourth-order valence-corrected chi connectivity index (χ4v) is 2.50. The predicted molar refractivity (Wildman–Crippen MR) is 78.8 cm³/mol. The van der Waals surface area contributed by atoms with Gasteiger partial charge in [0.2, 0.25) is 0 Å². The molecule has 4 heteroatoms. The van der Waals surface area contributed by atoms with Crippen molar-refractivity contribution in [2.45, 2.75) is 32.7 Å². The van der Waals surface area contributed by atoms with Crippen LogP contribution >= 0.6 is 0 Å². The first-order chi connectivity index (χ1) is 9.61. The largest absolute Gasteiger partial charge is 0.481 e. The molecular formula is C16H21NO3. The molecule has 2 rings (SSSR count). The van der Waals surface area contributed by atoms with Crippen molar-refractivity contribution in [2.75, 3.05) is 6.61 Å². The molecule has 1 aromatic heterocycles. The maximum Gasteiger partial charge on any atom is 0.303 e. The van der Waals surface area contributed by atoms with E-state index in [4.69, 9.17) is 5.11 Å². The van der Waals surface area contributed by atoms with Crippen LogP contribution in [0.25, 0.3) is 10.9 Å². The maximum absolute atomic E-state index is 10.6. The Bertz CT molecular complexity index is 588. The van der Waals surface area contributed by atoms with Gasteiger partial charge in [-0.15, -0.1) is 0 Å². The molecule has 1 heterocycles. The molecule has 0 fully saturated rings. The van der Waals surface area contributed by atoms with E-state index < -0.39 is 5.97 Å². The van der Waals surface area contributed by atoms with Gasteiger partial charge in [-0.05, 0) is 30.4 Å². The van der Waals surface area contributed by atoms with Crippen LogP contribution in [0.2, 0.25) is 0 Å². The molecule has 4 nitrogen and oxygen atoms in total. The summed E-state index contributed by atoms with van der Waals surface area (Å²) in [5.41, 5.74) is 2.34. The van der Waals surface area contributed by atoms with Gasteiger partial charge in [0.05, 0.1) is 0 Å². The Morgan fingerprint density at radius 3 is 2.80 bits per heavy atom. The number of fused-ring (bicyclic) bond motifs is 1. The first-order valence-electron chi connectivity index (χ1n) is 7.01. The summed E-state index contributed by atoms with van der Waals surface area (Å²) in [7, 11) is 0. The van der Waals surface area contributed by atoms with Gasteiger partial charge in [-0.25, -0.2) is 0 Å². The third kappa shape index (κ3) is 3.39. The molecule has 1 unspecified atom stereocenters. The van der Waals surface area contributed by atoms with E-state index in [0.717, 1.165) is 18.5 Å². The first kappa shape index (κ1) is 14.6. The highest BCUT2D eigenvalue weighted by Gasteiger charge is 2.10. The number of nitrogens with zero attached hydrogens (tertiary/aromatic N) is 1. The lowest BCUT2D eigenvalue weighted by molar-refractivity contribution is -0.137. The fraction of sp³-hybridized carbons (Fsp3) is 0.438. The van der Waals surface area contributed by atoms with Crippen LogP contribution in [0.4, 0.5) is 0 Å². The molecule has 0 aliphatic rings. The van der Waals surface area contributed by atoms with Gasteiger partial charge in [-0.3, -0.25) is 4.79 Å². The monoisotopic (exact) mass is 275 g/mol. The maximum atomic E-state index is 10.6. The highest BCUT2D eigenvalue weighted by molar-refractivity contribution is 5.84. The van der Waals surface area contributed by atoms with Crippen LogP contribution in [-0.4, -0.2) is 27.4 Å². The van der Waals surface area contributed by atoms with E-state index in [1.54, 1.807) is 0 Å². The van der Waals surface area contributed by atoms with E-state index in [1.165, 1.54) is 10.9 Å². The fourth-order valence-electron chi connectivity index (χ4n) is 2.50. The van der Waals surface area contributed by atoms with Crippen molar-refractivity contribution in [3.05, 3.63) is 36.0 Å². The number of hydrogen-bond donors (Lipinski definition) is 2. The smallest absolute Gasteiger partial charge is 0.303 e. The van der Waals surface area contributed by atoms with Crippen LogP contribution < -0.4 is 0 Å². The summed E-state index contributed by atoms with van der Waals surface area (Å²) in [6.07, 6.45) is 3.72. The Labute approximate surface area is 118 Å². The minimum Gasteiger partial charge on any atom is -0.481 e. The van der Waals surface area contributed by atoms with Crippen molar-refractivity contribution < 1.29 is 15.0 Å². The number of para-hydroxylation sites is 1. The number of benzene rings is 1. The number of aryl methyl sites for hydroxylation is 1. The normalized spacial score (nSPS) is 12.7. The minimum atomic E-state index is -0.748. The lowest BCUT2D eigenvalue weighted by atomic mass is 10.1. The summed E-state index contributed by atoms with van der Waals surface area (Å²) in [6.45, 7) is 2.95. The molecule has 108 valence electrons. The van der Waals surface area contributed by atoms with E-state index in [2.05, 4.69) is 22.9 Å². The Kier molecular flexibility index (Phi) is 4.79. The van der Waals surface area contributed by atoms with Gasteiger partial charge < -0.3 is 14.8 Å². The molecule has 2 aromatic rings. The Balaban J connectivity index is 2.23. The highest BCUT2D eigenvalue weighted by Crippen LogP contribution is 2.23. The molecular weight excluding hydrogens is 254 g/mol. The van der Waals surface area contributed by atoms with Crippen LogP contribution in [0.15, 0.2) is 30.5 Å². The van der Waals surface area contributed by atoms with Gasteiger partial charge in [-0.2, -0.15) is 0 Å². The standard InChI is InChI=1S/C16H21NO3/c1-12(11-18)9-17-10-13(5-4-8-16(19)20)14-6-2-3-7-15(14)17/h2-3,6-7,10,12,18H,4-5,8-9,11H2,1H3,(H,19,20). The summed E-state index contributed by atoms with van der Waals surface area (Å²) in [4.78, 5) is 10.6. The van der Waals surface area contributed by atoms with Crippen molar-refractivity contribution in [2.24, 2.45) is 5.92 Å². The second-order valence-corrected chi connectivity index (χ2v) is 5.36. The number of rotatable bonds is 7. The van der Waals surface area contributed by atoms with Crippen LogP contribution in [0.5, 0.6) is 0 Å². The predicted octanol–water partition coefficient (Wildman–Crippen LogP) is 2.68. The van der Waals surface area contributed by atoms with Gasteiger partial charge in [-0.1, -0.05) is 25.1 Å². The summed E-state index contributed by atoms with van der Waals surface area (Å²) >= 11 is 0. The van der Waals surface area contributed by atoms with E-state index in [0.29, 0.717) is 6.42 Å². The second-order valence-electron chi connectivity index (χ2n) is 5.36. The molecule has 1 aromatic carbocycles. The van der Waals surface area contributed by atoms with Gasteiger partial charge in [0.15, 0.2) is 0 Å². The summed E-state index contributed by atoms with van der Waals surface area (Å²) in [5.74, 6) is -0.541. The van der Waals surface area contributed by atoms with E-state index in [1.807, 2.05) is 19.1 Å². The molecule has 1 atom stereocenters. The van der Waals surface area contributed by atoms with Gasteiger partial charge in [0.25, 0.3) is 0 Å². The number of aromatic nitrogens is 1. The average molecular weight is 275 g/mol. The molecule has 2 N–H and O–H groups in total. The zero-order valence-corrected chi connectivity index (χ0v) is 11.7. The van der Waals surface area contributed by atoms with Crippen LogP contribution in [-0.2, 0) is 17.8 Å². The van der Waals surface area contributed by atoms with Gasteiger partial charge in [0, 0.05) is 36.7 Å². The van der Waals surface area contributed by atoms with Crippen LogP contribution in [0.3, 0.4) is 0 Å². The number of carboxylic acid groups (broad SMARTS) is 1. The molecule has 0 saturated carbocycles. The molecule has 0 aliphatic heterocycles. The Morgan fingerprint density at radius 2 is 2.10 bits per heavy atom. The molecule has 20 heavy (non-hydrogen) atoms. The number of hydrogen-bond acceptors (Lipinski definition) is 2. The molecule has 0 saturated heterocycles. The number of aliphatic hydroxyl groups excluding tert-OH is 1. The number of aliphatic carboxylic acids is 1. The summed E-state index contributed by atoms with van der Waals surface area (Å²) < 4.78 is 2.16.